The van der Waals surface area contributed by atoms with E-state index in [-0.39, 0.29) is 6.09 Å². The first-order chi connectivity index (χ1) is 10.2. The van der Waals surface area contributed by atoms with Crippen molar-refractivity contribution in [2.24, 2.45) is 0 Å². The summed E-state index contributed by atoms with van der Waals surface area (Å²) >= 11 is 0. The Morgan fingerprint density at radius 1 is 0.762 bits per heavy atom. The molecule has 0 aromatic rings. The molecule has 0 N–H and O–H groups in total. The zero-order valence-electron chi connectivity index (χ0n) is 14.7. The lowest BCUT2D eigenvalue weighted by atomic mass is 10.1. The van der Waals surface area contributed by atoms with Gasteiger partial charge in [0.15, 0.2) is 0 Å². The minimum absolute atomic E-state index is 0.161. The van der Waals surface area contributed by atoms with Crippen molar-refractivity contribution in [1.82, 2.24) is 4.90 Å². The van der Waals surface area contributed by atoms with E-state index in [0.29, 0.717) is 6.61 Å². The molecule has 0 saturated heterocycles. The minimum atomic E-state index is -0.161. The second-order valence-corrected chi connectivity index (χ2v) is 6.07. The minimum Gasteiger partial charge on any atom is -0.449 e. The predicted molar refractivity (Wildman–Crippen MR) is 90.7 cm³/mol. The molecule has 0 aliphatic heterocycles. The van der Waals surface area contributed by atoms with E-state index in [9.17, 15) is 4.79 Å². The van der Waals surface area contributed by atoms with Crippen LogP contribution in [-0.2, 0) is 4.74 Å². The number of hydrogen-bond acceptors (Lipinski definition) is 2. The molecule has 0 spiro atoms. The highest BCUT2D eigenvalue weighted by molar-refractivity contribution is 5.67. The lowest BCUT2D eigenvalue weighted by molar-refractivity contribution is 0.108. The summed E-state index contributed by atoms with van der Waals surface area (Å²) in [5.41, 5.74) is 0. The molecule has 0 aliphatic rings. The van der Waals surface area contributed by atoms with Gasteiger partial charge in [-0.25, -0.2) is 4.79 Å². The molecule has 0 bridgehead atoms. The molecule has 0 fully saturated rings. The van der Waals surface area contributed by atoms with Gasteiger partial charge in [0.25, 0.3) is 0 Å². The summed E-state index contributed by atoms with van der Waals surface area (Å²) in [6, 6.07) is 0. The summed E-state index contributed by atoms with van der Waals surface area (Å²) in [7, 11) is 1.83. The molecule has 0 rings (SSSR count). The number of carbonyl (C=O) groups is 1. The number of amides is 1. The van der Waals surface area contributed by atoms with Crippen molar-refractivity contribution in [3.8, 4) is 0 Å². The Morgan fingerprint density at radius 3 is 1.81 bits per heavy atom. The van der Waals surface area contributed by atoms with Gasteiger partial charge in [-0.2, -0.15) is 0 Å². The van der Waals surface area contributed by atoms with Gasteiger partial charge in [0.2, 0.25) is 0 Å². The third-order valence-corrected chi connectivity index (χ3v) is 3.88. The van der Waals surface area contributed by atoms with E-state index < -0.39 is 0 Å². The Hall–Kier alpha value is -0.730. The monoisotopic (exact) mass is 299 g/mol. The smallest absolute Gasteiger partial charge is 0.409 e. The molecule has 0 heterocycles. The normalized spacial score (nSPS) is 10.6. The molecule has 0 aliphatic carbocycles. The van der Waals surface area contributed by atoms with E-state index in [1.807, 2.05) is 7.05 Å². The van der Waals surface area contributed by atoms with Gasteiger partial charge in [0.05, 0.1) is 6.61 Å². The van der Waals surface area contributed by atoms with Crippen molar-refractivity contribution >= 4 is 6.09 Å². The number of unbranched alkanes of at least 4 members (excludes halogenated alkanes) is 10. The van der Waals surface area contributed by atoms with E-state index in [2.05, 4.69) is 13.8 Å². The largest absolute Gasteiger partial charge is 0.449 e. The maximum absolute atomic E-state index is 11.7. The fourth-order valence-corrected chi connectivity index (χ4v) is 2.37. The second kappa shape index (κ2) is 15.7. The molecule has 0 unspecified atom stereocenters. The highest BCUT2D eigenvalue weighted by Crippen LogP contribution is 2.09. The Bertz CT molecular complexity index is 231. The van der Waals surface area contributed by atoms with Gasteiger partial charge in [-0.15, -0.1) is 0 Å². The van der Waals surface area contributed by atoms with Gasteiger partial charge in [-0.3, -0.25) is 0 Å². The average Bonchev–Trinajstić information content (AvgIpc) is 2.49. The van der Waals surface area contributed by atoms with Crippen molar-refractivity contribution in [3.05, 3.63) is 0 Å². The first kappa shape index (κ1) is 20.3. The first-order valence-corrected chi connectivity index (χ1v) is 9.10. The maximum atomic E-state index is 11.7. The van der Waals surface area contributed by atoms with Crippen molar-refractivity contribution in [1.29, 1.82) is 0 Å². The molecule has 0 radical (unpaired) electrons. The van der Waals surface area contributed by atoms with Crippen LogP contribution in [0.25, 0.3) is 0 Å². The molecule has 0 aromatic carbocycles. The van der Waals surface area contributed by atoms with Gasteiger partial charge < -0.3 is 9.64 Å². The molecule has 126 valence electrons. The average molecular weight is 299 g/mol. The van der Waals surface area contributed by atoms with Crippen molar-refractivity contribution < 1.29 is 9.53 Å². The zero-order chi connectivity index (χ0) is 15.8. The number of nitrogens with zero attached hydrogens (tertiary/aromatic N) is 1. The maximum Gasteiger partial charge on any atom is 0.409 e. The quantitative estimate of drug-likeness (QED) is 0.381. The van der Waals surface area contributed by atoms with Crippen molar-refractivity contribution in [2.45, 2.75) is 90.9 Å². The standard InChI is InChI=1S/C18H37NO2/c1-4-6-8-9-10-11-12-13-15-17-21-18(20)19(3)16-14-7-5-2/h4-17H2,1-3H3. The summed E-state index contributed by atoms with van der Waals surface area (Å²) in [6.45, 7) is 5.81. The summed E-state index contributed by atoms with van der Waals surface area (Å²) in [5, 5.41) is 0. The van der Waals surface area contributed by atoms with Gasteiger partial charge in [0.1, 0.15) is 0 Å². The van der Waals surface area contributed by atoms with Crippen LogP contribution in [0.5, 0.6) is 0 Å². The molecule has 1 amide bonds. The van der Waals surface area contributed by atoms with E-state index in [1.165, 1.54) is 64.2 Å². The van der Waals surface area contributed by atoms with E-state index in [4.69, 9.17) is 4.74 Å². The zero-order valence-corrected chi connectivity index (χ0v) is 14.7. The van der Waals surface area contributed by atoms with Gasteiger partial charge in [-0.05, 0) is 12.8 Å². The highest BCUT2D eigenvalue weighted by Gasteiger charge is 2.08. The number of ether oxygens (including phenoxy) is 1. The molecule has 0 saturated carbocycles. The molecule has 3 nitrogen and oxygen atoms in total. The van der Waals surface area contributed by atoms with Crippen LogP contribution in [0.1, 0.15) is 90.9 Å². The Kier molecular flexibility index (Phi) is 15.1. The summed E-state index contributed by atoms with van der Waals surface area (Å²) in [4.78, 5) is 13.4. The lowest BCUT2D eigenvalue weighted by Gasteiger charge is -2.16. The van der Waals surface area contributed by atoms with Gasteiger partial charge in [-0.1, -0.05) is 78.1 Å². The Balaban J connectivity index is 3.28. The van der Waals surface area contributed by atoms with E-state index in [1.54, 1.807) is 4.90 Å². The van der Waals surface area contributed by atoms with Crippen LogP contribution in [0, 0.1) is 0 Å². The van der Waals surface area contributed by atoms with E-state index in [0.717, 1.165) is 19.4 Å². The molecular formula is C18H37NO2. The number of carbonyl (C=O) groups excluding carboxylic acids is 1. The number of rotatable bonds is 14. The van der Waals surface area contributed by atoms with Crippen LogP contribution in [0.4, 0.5) is 4.79 Å². The summed E-state index contributed by atoms with van der Waals surface area (Å²) in [6.07, 6.45) is 14.9. The fourth-order valence-electron chi connectivity index (χ4n) is 2.37. The first-order valence-electron chi connectivity index (χ1n) is 9.10. The van der Waals surface area contributed by atoms with Crippen molar-refractivity contribution in [2.75, 3.05) is 20.2 Å². The van der Waals surface area contributed by atoms with Crippen LogP contribution in [0.2, 0.25) is 0 Å². The van der Waals surface area contributed by atoms with E-state index >= 15 is 0 Å². The summed E-state index contributed by atoms with van der Waals surface area (Å²) < 4.78 is 5.28. The molecule has 21 heavy (non-hydrogen) atoms. The Labute approximate surface area is 132 Å². The van der Waals surface area contributed by atoms with Crippen LogP contribution < -0.4 is 0 Å². The second-order valence-electron chi connectivity index (χ2n) is 6.07. The SMILES string of the molecule is CCCCCCCCCCCOC(=O)N(C)CCCCC. The van der Waals surface area contributed by atoms with Crippen LogP contribution in [0.15, 0.2) is 0 Å². The molecule has 0 atom stereocenters. The number of hydrogen-bond donors (Lipinski definition) is 0. The lowest BCUT2D eigenvalue weighted by Crippen LogP contribution is -2.28. The van der Waals surface area contributed by atoms with Gasteiger partial charge >= 0.3 is 6.09 Å². The predicted octanol–water partition coefficient (Wildman–Crippen LogP) is 5.78. The molecular weight excluding hydrogens is 262 g/mol. The topological polar surface area (TPSA) is 29.5 Å². The van der Waals surface area contributed by atoms with Crippen LogP contribution in [0.3, 0.4) is 0 Å². The van der Waals surface area contributed by atoms with Crippen molar-refractivity contribution in [3.63, 3.8) is 0 Å². The highest BCUT2D eigenvalue weighted by atomic mass is 16.6. The van der Waals surface area contributed by atoms with Crippen LogP contribution >= 0.6 is 0 Å². The molecule has 3 heteroatoms. The Morgan fingerprint density at radius 2 is 1.24 bits per heavy atom. The molecule has 0 aromatic heterocycles. The fraction of sp³-hybridized carbons (Fsp3) is 0.944. The third kappa shape index (κ3) is 14.0. The summed E-state index contributed by atoms with van der Waals surface area (Å²) in [5.74, 6) is 0. The van der Waals surface area contributed by atoms with Gasteiger partial charge in [0, 0.05) is 13.6 Å². The third-order valence-electron chi connectivity index (χ3n) is 3.88. The van der Waals surface area contributed by atoms with Crippen LogP contribution in [-0.4, -0.2) is 31.2 Å².